The molecule has 0 aliphatic carbocycles. The summed E-state index contributed by atoms with van der Waals surface area (Å²) < 4.78 is 11.5. The highest BCUT2D eigenvalue weighted by Crippen LogP contribution is 2.39. The quantitative estimate of drug-likeness (QED) is 0.546. The SMILES string of the molecule is CCOC(=O)C1CCN(C(=O)C2COC3(CCN(C(=O)CC(C)(C)C)CC3)N2C(=O)c2ccccc2)CC1. The maximum absolute atomic E-state index is 13.9. The molecule has 3 aliphatic heterocycles. The van der Waals surface area contributed by atoms with Crippen LogP contribution in [-0.2, 0) is 23.9 Å². The van der Waals surface area contributed by atoms with E-state index >= 15 is 0 Å². The Balaban J connectivity index is 1.51. The fourth-order valence-electron chi connectivity index (χ4n) is 5.75. The van der Waals surface area contributed by atoms with Gasteiger partial charge < -0.3 is 19.3 Å². The van der Waals surface area contributed by atoms with Crippen molar-refractivity contribution in [3.63, 3.8) is 0 Å². The van der Waals surface area contributed by atoms with Crippen molar-refractivity contribution in [3.8, 4) is 0 Å². The lowest BCUT2D eigenvalue weighted by molar-refractivity contribution is -0.152. The molecule has 0 aromatic heterocycles. The number of ether oxygens (including phenoxy) is 2. The Morgan fingerprint density at radius 1 is 0.974 bits per heavy atom. The molecule has 4 rings (SSSR count). The maximum atomic E-state index is 13.9. The summed E-state index contributed by atoms with van der Waals surface area (Å²) in [5.74, 6) is -0.709. The Hall–Kier alpha value is -2.94. The second kappa shape index (κ2) is 11.4. The highest BCUT2D eigenvalue weighted by atomic mass is 16.5. The van der Waals surface area contributed by atoms with Crippen molar-refractivity contribution < 1.29 is 28.7 Å². The van der Waals surface area contributed by atoms with E-state index in [4.69, 9.17) is 9.47 Å². The van der Waals surface area contributed by atoms with Gasteiger partial charge in [-0.1, -0.05) is 39.0 Å². The Labute approximate surface area is 225 Å². The molecule has 3 fully saturated rings. The van der Waals surface area contributed by atoms with Crippen molar-refractivity contribution in [3.05, 3.63) is 35.9 Å². The summed E-state index contributed by atoms with van der Waals surface area (Å²) in [6, 6.07) is 8.22. The van der Waals surface area contributed by atoms with E-state index in [-0.39, 0.29) is 41.6 Å². The highest BCUT2D eigenvalue weighted by molar-refractivity contribution is 5.98. The number of carbonyl (C=O) groups excluding carboxylic acids is 4. The molecule has 208 valence electrons. The van der Waals surface area contributed by atoms with Crippen LogP contribution in [0.2, 0.25) is 0 Å². The summed E-state index contributed by atoms with van der Waals surface area (Å²) in [6.45, 7) is 10.2. The van der Waals surface area contributed by atoms with E-state index in [9.17, 15) is 19.2 Å². The van der Waals surface area contributed by atoms with Crippen molar-refractivity contribution >= 4 is 23.7 Å². The first-order valence-electron chi connectivity index (χ1n) is 13.8. The van der Waals surface area contributed by atoms with Crippen LogP contribution in [0.5, 0.6) is 0 Å². The predicted molar refractivity (Wildman–Crippen MR) is 141 cm³/mol. The second-order valence-electron chi connectivity index (χ2n) is 11.8. The fourth-order valence-corrected chi connectivity index (χ4v) is 5.75. The molecule has 3 amide bonds. The Morgan fingerprint density at radius 3 is 2.18 bits per heavy atom. The van der Waals surface area contributed by atoms with Gasteiger partial charge in [0, 0.05) is 51.0 Å². The Bertz CT molecular complexity index is 1020. The Morgan fingerprint density at radius 2 is 1.61 bits per heavy atom. The summed E-state index contributed by atoms with van der Waals surface area (Å²) in [6.07, 6.45) is 2.45. The number of amides is 3. The zero-order valence-corrected chi connectivity index (χ0v) is 23.1. The number of hydrogen-bond acceptors (Lipinski definition) is 6. The summed E-state index contributed by atoms with van der Waals surface area (Å²) in [5.41, 5.74) is -0.541. The number of piperidine rings is 2. The van der Waals surface area contributed by atoms with Gasteiger partial charge in [-0.2, -0.15) is 0 Å². The lowest BCUT2D eigenvalue weighted by Gasteiger charge is -2.45. The van der Waals surface area contributed by atoms with Crippen LogP contribution in [0.4, 0.5) is 0 Å². The molecule has 3 saturated heterocycles. The number of likely N-dealkylation sites (tertiary alicyclic amines) is 2. The molecule has 3 heterocycles. The molecule has 38 heavy (non-hydrogen) atoms. The third kappa shape index (κ3) is 6.03. The summed E-state index contributed by atoms with van der Waals surface area (Å²) in [7, 11) is 0. The van der Waals surface area contributed by atoms with Gasteiger partial charge in [0.05, 0.1) is 19.1 Å². The standard InChI is InChI=1S/C29H41N3O6/c1-5-37-27(36)22-11-15-31(16-12-22)26(35)23-20-38-29(32(23)25(34)21-9-7-6-8-10-21)13-17-30(18-14-29)24(33)19-28(2,3)4/h6-10,22-23H,5,11-20H2,1-4H3. The molecule has 0 saturated carbocycles. The number of esters is 1. The van der Waals surface area contributed by atoms with E-state index < -0.39 is 11.8 Å². The maximum Gasteiger partial charge on any atom is 0.309 e. The molecule has 9 heteroatoms. The topological polar surface area (TPSA) is 96.5 Å². The van der Waals surface area contributed by atoms with Gasteiger partial charge >= 0.3 is 5.97 Å². The van der Waals surface area contributed by atoms with E-state index in [1.165, 1.54) is 0 Å². The van der Waals surface area contributed by atoms with Gasteiger partial charge in [-0.3, -0.25) is 24.1 Å². The molecule has 1 atom stereocenters. The van der Waals surface area contributed by atoms with Crippen molar-refractivity contribution in [2.24, 2.45) is 11.3 Å². The van der Waals surface area contributed by atoms with Crippen LogP contribution in [0.1, 0.15) is 70.2 Å². The minimum atomic E-state index is -0.935. The minimum Gasteiger partial charge on any atom is -0.466 e. The lowest BCUT2D eigenvalue weighted by Crippen LogP contribution is -2.60. The van der Waals surface area contributed by atoms with Crippen LogP contribution in [0.3, 0.4) is 0 Å². The molecular weight excluding hydrogens is 486 g/mol. The number of carbonyl (C=O) groups is 4. The first kappa shape index (κ1) is 28.1. The van der Waals surface area contributed by atoms with E-state index in [2.05, 4.69) is 0 Å². The van der Waals surface area contributed by atoms with Gasteiger partial charge in [-0.25, -0.2) is 0 Å². The largest absolute Gasteiger partial charge is 0.466 e. The zero-order valence-electron chi connectivity index (χ0n) is 23.1. The number of rotatable bonds is 5. The molecule has 1 spiro atoms. The van der Waals surface area contributed by atoms with Gasteiger partial charge in [0.15, 0.2) is 0 Å². The van der Waals surface area contributed by atoms with Crippen LogP contribution in [-0.4, -0.2) is 89.6 Å². The zero-order chi connectivity index (χ0) is 27.5. The van der Waals surface area contributed by atoms with Crippen LogP contribution in [0, 0.1) is 11.3 Å². The molecule has 0 N–H and O–H groups in total. The van der Waals surface area contributed by atoms with Crippen LogP contribution in [0.25, 0.3) is 0 Å². The summed E-state index contributed by atoms with van der Waals surface area (Å²) in [5, 5.41) is 0. The Kier molecular flexibility index (Phi) is 8.45. The van der Waals surface area contributed by atoms with Crippen molar-refractivity contribution in [2.75, 3.05) is 39.4 Å². The molecule has 3 aliphatic rings. The van der Waals surface area contributed by atoms with E-state index in [1.54, 1.807) is 28.9 Å². The fraction of sp³-hybridized carbons (Fsp3) is 0.655. The highest BCUT2D eigenvalue weighted by Gasteiger charge is 2.55. The van der Waals surface area contributed by atoms with Crippen molar-refractivity contribution in [1.82, 2.24) is 14.7 Å². The molecule has 1 unspecified atom stereocenters. The number of benzene rings is 1. The van der Waals surface area contributed by atoms with Gasteiger partial charge in [0.1, 0.15) is 11.8 Å². The summed E-state index contributed by atoms with van der Waals surface area (Å²) >= 11 is 0. The molecule has 0 bridgehead atoms. The molecule has 0 radical (unpaired) electrons. The normalized spacial score (nSPS) is 22.0. The molecule has 1 aromatic rings. The number of nitrogens with zero attached hydrogens (tertiary/aromatic N) is 3. The average Bonchev–Trinajstić information content (AvgIpc) is 3.26. The third-order valence-corrected chi connectivity index (χ3v) is 7.79. The van der Waals surface area contributed by atoms with E-state index in [0.29, 0.717) is 70.5 Å². The molecular formula is C29H41N3O6. The van der Waals surface area contributed by atoms with E-state index in [0.717, 1.165) is 0 Å². The third-order valence-electron chi connectivity index (χ3n) is 7.79. The average molecular weight is 528 g/mol. The van der Waals surface area contributed by atoms with Crippen LogP contribution < -0.4 is 0 Å². The predicted octanol–water partition coefficient (Wildman–Crippen LogP) is 3.08. The number of hydrogen-bond donors (Lipinski definition) is 0. The molecule has 9 nitrogen and oxygen atoms in total. The van der Waals surface area contributed by atoms with Gasteiger partial charge in [-0.15, -0.1) is 0 Å². The summed E-state index contributed by atoms with van der Waals surface area (Å²) in [4.78, 5) is 57.9. The lowest BCUT2D eigenvalue weighted by atomic mass is 9.90. The second-order valence-corrected chi connectivity index (χ2v) is 11.8. The first-order chi connectivity index (χ1) is 18.0. The molecule has 1 aromatic carbocycles. The monoisotopic (exact) mass is 527 g/mol. The smallest absolute Gasteiger partial charge is 0.309 e. The minimum absolute atomic E-state index is 0.100. The van der Waals surface area contributed by atoms with Gasteiger partial charge in [0.2, 0.25) is 11.8 Å². The van der Waals surface area contributed by atoms with Gasteiger partial charge in [-0.05, 0) is 37.3 Å². The first-order valence-corrected chi connectivity index (χ1v) is 13.8. The van der Waals surface area contributed by atoms with Gasteiger partial charge in [0.25, 0.3) is 5.91 Å². The van der Waals surface area contributed by atoms with Crippen LogP contribution >= 0.6 is 0 Å². The van der Waals surface area contributed by atoms with Crippen LogP contribution in [0.15, 0.2) is 30.3 Å². The van der Waals surface area contributed by atoms with Crippen molar-refractivity contribution in [1.29, 1.82) is 0 Å². The van der Waals surface area contributed by atoms with Crippen molar-refractivity contribution in [2.45, 2.75) is 71.6 Å². The van der Waals surface area contributed by atoms with E-state index in [1.807, 2.05) is 43.9 Å².